The lowest BCUT2D eigenvalue weighted by Gasteiger charge is -2.38. The first kappa shape index (κ1) is 21.3. The summed E-state index contributed by atoms with van der Waals surface area (Å²) in [5, 5.41) is 0.568. The van der Waals surface area contributed by atoms with Crippen molar-refractivity contribution in [1.29, 1.82) is 0 Å². The fourth-order valence-corrected chi connectivity index (χ4v) is 4.57. The Morgan fingerprint density at radius 3 is 2.54 bits per heavy atom. The minimum atomic E-state index is -0.0973. The largest absolute Gasteiger partial charge is 0.381 e. The van der Waals surface area contributed by atoms with Crippen molar-refractivity contribution >= 4 is 33.3 Å². The smallest absolute Gasteiger partial charge is 0.260 e. The fourth-order valence-electron chi connectivity index (χ4n) is 3.96. The Balaban J connectivity index is 0.00000109. The van der Waals surface area contributed by atoms with Crippen molar-refractivity contribution in [3.63, 3.8) is 0 Å². The van der Waals surface area contributed by atoms with Gasteiger partial charge in [-0.3, -0.25) is 9.36 Å². The lowest BCUT2D eigenvalue weighted by Crippen LogP contribution is -2.41. The third-order valence-electron chi connectivity index (χ3n) is 5.58. The van der Waals surface area contributed by atoms with Gasteiger partial charge in [-0.2, -0.15) is 0 Å². The van der Waals surface area contributed by atoms with E-state index in [2.05, 4.69) is 20.8 Å². The quantitative estimate of drug-likeness (QED) is 0.623. The summed E-state index contributed by atoms with van der Waals surface area (Å²) in [5.41, 5.74) is 0.950. The molecule has 0 unspecified atom stereocenters. The summed E-state index contributed by atoms with van der Waals surface area (Å²) in [6.07, 6.45) is 3.34. The van der Waals surface area contributed by atoms with Crippen molar-refractivity contribution in [3.05, 3.63) is 49.9 Å². The number of halogens is 2. The van der Waals surface area contributed by atoms with Gasteiger partial charge in [0.2, 0.25) is 0 Å². The van der Waals surface area contributed by atoms with E-state index in [9.17, 15) is 4.79 Å². The van der Waals surface area contributed by atoms with Gasteiger partial charge < -0.3 is 9.64 Å². The van der Waals surface area contributed by atoms with E-state index < -0.39 is 0 Å². The molecule has 1 aromatic carbocycles. The minimum absolute atomic E-state index is 0.0973. The second-order valence-electron chi connectivity index (χ2n) is 7.20. The third kappa shape index (κ3) is 4.14. The first-order valence-corrected chi connectivity index (χ1v) is 11.0. The summed E-state index contributed by atoms with van der Waals surface area (Å²) in [5.74, 6) is 1.41. The van der Waals surface area contributed by atoms with Crippen molar-refractivity contribution in [1.82, 2.24) is 9.55 Å². The van der Waals surface area contributed by atoms with Gasteiger partial charge in [-0.25, -0.2) is 4.98 Å². The molecule has 2 aromatic rings. The maximum absolute atomic E-state index is 12.8. The number of benzene rings is 1. The van der Waals surface area contributed by atoms with Crippen LogP contribution in [-0.4, -0.2) is 35.9 Å². The molecule has 0 aliphatic carbocycles. The summed E-state index contributed by atoms with van der Waals surface area (Å²) < 4.78 is 7.89. The Labute approximate surface area is 179 Å². The number of nitrogens with zero attached hydrogens (tertiary/aromatic N) is 3. The number of rotatable bonds is 2. The normalized spacial score (nSPS) is 18.1. The molecule has 0 N–H and O–H groups in total. The molecule has 0 saturated carbocycles. The predicted molar refractivity (Wildman–Crippen MR) is 118 cm³/mol. The number of piperidine rings is 1. The first-order chi connectivity index (χ1) is 13.5. The second-order valence-corrected chi connectivity index (χ2v) is 8.40. The van der Waals surface area contributed by atoms with E-state index in [0.29, 0.717) is 26.4 Å². The van der Waals surface area contributed by atoms with Crippen molar-refractivity contribution in [3.8, 4) is 5.69 Å². The summed E-state index contributed by atoms with van der Waals surface area (Å²) in [4.78, 5) is 19.8. The average molecular weight is 469 g/mol. The predicted octanol–water partition coefficient (Wildman–Crippen LogP) is 4.99. The monoisotopic (exact) mass is 467 g/mol. The third-order valence-corrected chi connectivity index (χ3v) is 6.95. The van der Waals surface area contributed by atoms with Crippen molar-refractivity contribution in [2.45, 2.75) is 40.0 Å². The summed E-state index contributed by atoms with van der Waals surface area (Å²) in [6.45, 7) is 9.44. The molecular formula is C21H27BrClN3O2. The van der Waals surface area contributed by atoms with Crippen LogP contribution in [0.4, 0.5) is 5.82 Å². The van der Waals surface area contributed by atoms with Gasteiger partial charge in [0.1, 0.15) is 11.6 Å². The van der Waals surface area contributed by atoms with Crippen molar-refractivity contribution in [2.75, 3.05) is 31.2 Å². The Hall–Kier alpha value is -1.37. The zero-order chi connectivity index (χ0) is 20.3. The highest BCUT2D eigenvalue weighted by atomic mass is 79.9. The standard InChI is InChI=1S/C19H21BrClN3O2.C2H6/c1-13-22-16(23-8-5-19(6-9-23)7-10-26-12-19)11-17(25)24(13)15-4-2-3-14(21)18(15)20;1-2/h2-4,11H,5-10,12H2,1H3;1-2H3. The van der Waals surface area contributed by atoms with Crippen molar-refractivity contribution < 1.29 is 4.74 Å². The molecule has 2 saturated heterocycles. The molecule has 7 heteroatoms. The van der Waals surface area contributed by atoms with Gasteiger partial charge in [0, 0.05) is 25.8 Å². The molecular weight excluding hydrogens is 442 g/mol. The topological polar surface area (TPSA) is 47.4 Å². The molecule has 2 fully saturated rings. The van der Waals surface area contributed by atoms with E-state index >= 15 is 0 Å². The number of aryl methyl sites for hydroxylation is 1. The zero-order valence-corrected chi connectivity index (χ0v) is 19.0. The van der Waals surface area contributed by atoms with E-state index in [4.69, 9.17) is 21.3 Å². The SMILES string of the molecule is CC.Cc1nc(N2CCC3(CCOC3)CC2)cc(=O)n1-c1cccc(Cl)c1Br. The molecule has 2 aliphatic rings. The highest BCUT2D eigenvalue weighted by molar-refractivity contribution is 9.10. The van der Waals surface area contributed by atoms with Gasteiger partial charge in [-0.15, -0.1) is 0 Å². The van der Waals surface area contributed by atoms with Crippen LogP contribution < -0.4 is 10.5 Å². The van der Waals surface area contributed by atoms with Crippen LogP contribution in [0.25, 0.3) is 5.69 Å². The molecule has 3 heterocycles. The summed E-state index contributed by atoms with van der Waals surface area (Å²) in [6, 6.07) is 7.10. The van der Waals surface area contributed by atoms with Crippen LogP contribution in [0.2, 0.25) is 5.02 Å². The summed E-state index contributed by atoms with van der Waals surface area (Å²) in [7, 11) is 0. The lowest BCUT2D eigenvalue weighted by atomic mass is 9.78. The number of ether oxygens (including phenoxy) is 1. The number of hydrogen-bond acceptors (Lipinski definition) is 4. The second kappa shape index (κ2) is 8.97. The van der Waals surface area contributed by atoms with Gasteiger partial charge in [0.05, 0.1) is 21.8 Å². The molecule has 0 radical (unpaired) electrons. The van der Waals surface area contributed by atoms with Gasteiger partial charge >= 0.3 is 0 Å². The van der Waals surface area contributed by atoms with E-state index in [1.807, 2.05) is 32.9 Å². The van der Waals surface area contributed by atoms with Crippen LogP contribution in [0.3, 0.4) is 0 Å². The molecule has 1 aromatic heterocycles. The van der Waals surface area contributed by atoms with E-state index in [1.54, 1.807) is 16.7 Å². The highest BCUT2D eigenvalue weighted by Crippen LogP contribution is 2.39. The number of anilines is 1. The van der Waals surface area contributed by atoms with Gasteiger partial charge in [0.15, 0.2) is 0 Å². The van der Waals surface area contributed by atoms with Crippen molar-refractivity contribution in [2.24, 2.45) is 5.41 Å². The average Bonchev–Trinajstić information content (AvgIpc) is 3.14. The summed E-state index contributed by atoms with van der Waals surface area (Å²) >= 11 is 9.65. The minimum Gasteiger partial charge on any atom is -0.381 e. The maximum atomic E-state index is 12.8. The maximum Gasteiger partial charge on any atom is 0.260 e. The van der Waals surface area contributed by atoms with Crippen LogP contribution in [0, 0.1) is 12.3 Å². The Kier molecular flexibility index (Phi) is 6.84. The van der Waals surface area contributed by atoms with Gasteiger partial charge in [-0.1, -0.05) is 31.5 Å². The Morgan fingerprint density at radius 1 is 1.21 bits per heavy atom. The molecule has 4 rings (SSSR count). The lowest BCUT2D eigenvalue weighted by molar-refractivity contribution is 0.133. The number of hydrogen-bond donors (Lipinski definition) is 0. The fraction of sp³-hybridized carbons (Fsp3) is 0.524. The molecule has 0 bridgehead atoms. The van der Waals surface area contributed by atoms with E-state index in [-0.39, 0.29) is 5.56 Å². The number of aromatic nitrogens is 2. The molecule has 2 aliphatic heterocycles. The molecule has 28 heavy (non-hydrogen) atoms. The molecule has 5 nitrogen and oxygen atoms in total. The first-order valence-electron chi connectivity index (χ1n) is 9.87. The molecule has 0 atom stereocenters. The van der Waals surface area contributed by atoms with E-state index in [1.165, 1.54) is 0 Å². The Bertz CT molecular complexity index is 884. The highest BCUT2D eigenvalue weighted by Gasteiger charge is 2.38. The molecule has 1 spiro atoms. The van der Waals surface area contributed by atoms with Gasteiger partial charge in [-0.05, 0) is 59.7 Å². The van der Waals surface area contributed by atoms with Crippen LogP contribution >= 0.6 is 27.5 Å². The molecule has 152 valence electrons. The van der Waals surface area contributed by atoms with E-state index in [0.717, 1.165) is 51.4 Å². The van der Waals surface area contributed by atoms with Gasteiger partial charge in [0.25, 0.3) is 5.56 Å². The Morgan fingerprint density at radius 2 is 1.93 bits per heavy atom. The molecule has 0 amide bonds. The van der Waals surface area contributed by atoms with Crippen LogP contribution in [0.5, 0.6) is 0 Å². The van der Waals surface area contributed by atoms with Crippen LogP contribution in [0.1, 0.15) is 38.9 Å². The van der Waals surface area contributed by atoms with Crippen LogP contribution in [-0.2, 0) is 4.74 Å². The van der Waals surface area contributed by atoms with Crippen LogP contribution in [0.15, 0.2) is 33.5 Å². The zero-order valence-electron chi connectivity index (χ0n) is 16.7.